The SMILES string of the molecule is CCOCc1cc2oc(Cc3ccccc3)cc2[nH]1. The van der Waals surface area contributed by atoms with Gasteiger partial charge in [0.15, 0.2) is 5.58 Å². The van der Waals surface area contributed by atoms with Crippen LogP contribution in [-0.4, -0.2) is 11.6 Å². The van der Waals surface area contributed by atoms with Gasteiger partial charge < -0.3 is 14.1 Å². The van der Waals surface area contributed by atoms with E-state index in [-0.39, 0.29) is 0 Å². The third-order valence-corrected chi connectivity index (χ3v) is 3.10. The first-order valence-corrected chi connectivity index (χ1v) is 6.57. The molecule has 0 atom stereocenters. The Morgan fingerprint density at radius 1 is 1.16 bits per heavy atom. The summed E-state index contributed by atoms with van der Waals surface area (Å²) < 4.78 is 11.2. The van der Waals surface area contributed by atoms with E-state index in [1.165, 1.54) is 5.56 Å². The molecule has 1 aromatic carbocycles. The molecular formula is C16H17NO2. The molecule has 0 bridgehead atoms. The van der Waals surface area contributed by atoms with Crippen LogP contribution in [0.25, 0.3) is 11.1 Å². The quantitative estimate of drug-likeness (QED) is 0.751. The van der Waals surface area contributed by atoms with Crippen LogP contribution in [0.5, 0.6) is 0 Å². The van der Waals surface area contributed by atoms with E-state index in [2.05, 4.69) is 23.2 Å². The number of nitrogens with one attached hydrogen (secondary N) is 1. The minimum atomic E-state index is 0.606. The molecule has 0 aliphatic carbocycles. The van der Waals surface area contributed by atoms with Crippen molar-refractivity contribution in [2.24, 2.45) is 0 Å². The Hall–Kier alpha value is -2.00. The van der Waals surface area contributed by atoms with E-state index in [9.17, 15) is 0 Å². The Labute approximate surface area is 112 Å². The van der Waals surface area contributed by atoms with E-state index < -0.39 is 0 Å². The first-order valence-electron chi connectivity index (χ1n) is 6.57. The van der Waals surface area contributed by atoms with Crippen molar-refractivity contribution in [2.75, 3.05) is 6.61 Å². The third-order valence-electron chi connectivity index (χ3n) is 3.10. The van der Waals surface area contributed by atoms with Crippen molar-refractivity contribution in [1.82, 2.24) is 4.98 Å². The minimum absolute atomic E-state index is 0.606. The van der Waals surface area contributed by atoms with Crippen LogP contribution in [-0.2, 0) is 17.8 Å². The van der Waals surface area contributed by atoms with E-state index in [0.29, 0.717) is 6.61 Å². The predicted octanol–water partition coefficient (Wildman–Crippen LogP) is 3.89. The van der Waals surface area contributed by atoms with Gasteiger partial charge in [0.25, 0.3) is 0 Å². The van der Waals surface area contributed by atoms with Crippen molar-refractivity contribution in [1.29, 1.82) is 0 Å². The van der Waals surface area contributed by atoms with Gasteiger partial charge in [-0.2, -0.15) is 0 Å². The van der Waals surface area contributed by atoms with Crippen LogP contribution in [0.2, 0.25) is 0 Å². The highest BCUT2D eigenvalue weighted by Gasteiger charge is 2.08. The molecule has 0 aliphatic heterocycles. The average Bonchev–Trinajstić information content (AvgIpc) is 2.95. The Bertz CT molecular complexity index is 620. The van der Waals surface area contributed by atoms with Crippen LogP contribution in [0.4, 0.5) is 0 Å². The van der Waals surface area contributed by atoms with Gasteiger partial charge in [-0.1, -0.05) is 30.3 Å². The van der Waals surface area contributed by atoms with Gasteiger partial charge in [0.05, 0.1) is 12.1 Å². The normalized spacial score (nSPS) is 11.2. The van der Waals surface area contributed by atoms with Crippen molar-refractivity contribution < 1.29 is 9.15 Å². The lowest BCUT2D eigenvalue weighted by Crippen LogP contribution is -1.91. The summed E-state index contributed by atoms with van der Waals surface area (Å²) >= 11 is 0. The molecule has 0 saturated carbocycles. The first-order chi connectivity index (χ1) is 9.35. The largest absolute Gasteiger partial charge is 0.459 e. The van der Waals surface area contributed by atoms with E-state index >= 15 is 0 Å². The van der Waals surface area contributed by atoms with Crippen molar-refractivity contribution in [3.63, 3.8) is 0 Å². The summed E-state index contributed by atoms with van der Waals surface area (Å²) in [5.74, 6) is 0.982. The number of rotatable bonds is 5. The monoisotopic (exact) mass is 255 g/mol. The van der Waals surface area contributed by atoms with E-state index in [1.807, 2.05) is 31.2 Å². The Morgan fingerprint density at radius 2 is 2.00 bits per heavy atom. The number of aromatic nitrogens is 1. The van der Waals surface area contributed by atoms with E-state index in [0.717, 1.165) is 35.6 Å². The van der Waals surface area contributed by atoms with Gasteiger partial charge in [-0.3, -0.25) is 0 Å². The predicted molar refractivity (Wildman–Crippen MR) is 75.1 cm³/mol. The highest BCUT2D eigenvalue weighted by molar-refractivity contribution is 5.75. The highest BCUT2D eigenvalue weighted by Crippen LogP contribution is 2.22. The lowest BCUT2D eigenvalue weighted by Gasteiger charge is -1.97. The summed E-state index contributed by atoms with van der Waals surface area (Å²) in [5, 5.41) is 0. The minimum Gasteiger partial charge on any atom is -0.459 e. The van der Waals surface area contributed by atoms with Gasteiger partial charge in [-0.15, -0.1) is 0 Å². The summed E-state index contributed by atoms with van der Waals surface area (Å²) in [4.78, 5) is 3.32. The Morgan fingerprint density at radius 3 is 2.74 bits per heavy atom. The average molecular weight is 255 g/mol. The fourth-order valence-corrected chi connectivity index (χ4v) is 2.20. The molecule has 0 aliphatic rings. The second-order valence-electron chi connectivity index (χ2n) is 4.58. The number of hydrogen-bond donors (Lipinski definition) is 1. The summed E-state index contributed by atoms with van der Waals surface area (Å²) in [6.45, 7) is 3.32. The molecule has 3 rings (SSSR count). The fourth-order valence-electron chi connectivity index (χ4n) is 2.20. The summed E-state index contributed by atoms with van der Waals surface area (Å²) in [6, 6.07) is 14.4. The number of hydrogen-bond acceptors (Lipinski definition) is 2. The van der Waals surface area contributed by atoms with Crippen molar-refractivity contribution in [3.8, 4) is 0 Å². The molecule has 0 radical (unpaired) electrons. The molecule has 3 heteroatoms. The molecule has 3 nitrogen and oxygen atoms in total. The Kier molecular flexibility index (Phi) is 3.38. The maximum atomic E-state index is 5.85. The lowest BCUT2D eigenvalue weighted by molar-refractivity contribution is 0.132. The van der Waals surface area contributed by atoms with Gasteiger partial charge in [0.2, 0.25) is 0 Å². The summed E-state index contributed by atoms with van der Waals surface area (Å²) in [5.41, 5.74) is 4.26. The molecule has 0 amide bonds. The third kappa shape index (κ3) is 2.71. The zero-order chi connectivity index (χ0) is 13.1. The molecule has 0 saturated heterocycles. The molecular weight excluding hydrogens is 238 g/mol. The second kappa shape index (κ2) is 5.33. The van der Waals surface area contributed by atoms with Crippen molar-refractivity contribution in [3.05, 3.63) is 59.5 Å². The molecule has 0 unspecified atom stereocenters. The molecule has 0 spiro atoms. The highest BCUT2D eigenvalue weighted by atomic mass is 16.5. The standard InChI is InChI=1S/C16H17NO2/c1-2-18-11-13-9-16-15(17-13)10-14(19-16)8-12-6-4-3-5-7-12/h3-7,9-10,17H,2,8,11H2,1H3. The van der Waals surface area contributed by atoms with Gasteiger partial charge in [0, 0.05) is 30.9 Å². The van der Waals surface area contributed by atoms with Gasteiger partial charge >= 0.3 is 0 Å². The topological polar surface area (TPSA) is 38.2 Å². The lowest BCUT2D eigenvalue weighted by atomic mass is 10.1. The van der Waals surface area contributed by atoms with Crippen molar-refractivity contribution in [2.45, 2.75) is 20.0 Å². The van der Waals surface area contributed by atoms with E-state index in [4.69, 9.17) is 9.15 Å². The number of aromatic amines is 1. The molecule has 1 N–H and O–H groups in total. The van der Waals surface area contributed by atoms with Crippen LogP contribution in [0.15, 0.2) is 46.9 Å². The van der Waals surface area contributed by atoms with Crippen molar-refractivity contribution >= 4 is 11.1 Å². The smallest absolute Gasteiger partial charge is 0.152 e. The summed E-state index contributed by atoms with van der Waals surface area (Å²) in [7, 11) is 0. The second-order valence-corrected chi connectivity index (χ2v) is 4.58. The maximum Gasteiger partial charge on any atom is 0.152 e. The Balaban J connectivity index is 1.77. The fraction of sp³-hybridized carbons (Fsp3) is 0.250. The molecule has 19 heavy (non-hydrogen) atoms. The van der Waals surface area contributed by atoms with Crippen LogP contribution < -0.4 is 0 Å². The van der Waals surface area contributed by atoms with Gasteiger partial charge in [-0.25, -0.2) is 0 Å². The molecule has 98 valence electrons. The molecule has 3 aromatic rings. The van der Waals surface area contributed by atoms with Gasteiger partial charge in [-0.05, 0) is 12.5 Å². The number of benzene rings is 1. The van der Waals surface area contributed by atoms with Crippen LogP contribution in [0, 0.1) is 0 Å². The van der Waals surface area contributed by atoms with Crippen LogP contribution in [0.3, 0.4) is 0 Å². The maximum absolute atomic E-state index is 5.85. The number of ether oxygens (including phenoxy) is 1. The summed E-state index contributed by atoms with van der Waals surface area (Å²) in [6.07, 6.45) is 0.824. The van der Waals surface area contributed by atoms with E-state index in [1.54, 1.807) is 0 Å². The number of H-pyrrole nitrogens is 1. The van der Waals surface area contributed by atoms with Gasteiger partial charge in [0.1, 0.15) is 5.76 Å². The molecule has 2 aromatic heterocycles. The zero-order valence-corrected chi connectivity index (χ0v) is 11.0. The number of fused-ring (bicyclic) bond motifs is 1. The number of furan rings is 1. The molecule has 0 fully saturated rings. The van der Waals surface area contributed by atoms with Crippen LogP contribution >= 0.6 is 0 Å². The first kappa shape index (κ1) is 12.1. The van der Waals surface area contributed by atoms with Crippen LogP contribution in [0.1, 0.15) is 23.9 Å². The zero-order valence-electron chi connectivity index (χ0n) is 11.0. The molecule has 2 heterocycles.